The van der Waals surface area contributed by atoms with Gasteiger partial charge in [-0.05, 0) is 42.9 Å². The van der Waals surface area contributed by atoms with Crippen molar-refractivity contribution in [2.75, 3.05) is 5.32 Å². The van der Waals surface area contributed by atoms with E-state index in [4.69, 9.17) is 5.73 Å². The maximum absolute atomic E-state index is 12.5. The van der Waals surface area contributed by atoms with Crippen LogP contribution in [0.25, 0.3) is 0 Å². The molecule has 1 aliphatic carbocycles. The first kappa shape index (κ1) is 19.1. The highest BCUT2D eigenvalue weighted by Gasteiger charge is 2.20. The summed E-state index contributed by atoms with van der Waals surface area (Å²) >= 11 is 0. The molecule has 3 N–H and O–H groups in total. The summed E-state index contributed by atoms with van der Waals surface area (Å²) in [6.45, 7) is 4.10. The molecule has 0 bridgehead atoms. The van der Waals surface area contributed by atoms with E-state index in [0.29, 0.717) is 23.3 Å². The average Bonchev–Trinajstić information content (AvgIpc) is 2.55. The Morgan fingerprint density at radius 2 is 2.00 bits per heavy atom. The van der Waals surface area contributed by atoms with Gasteiger partial charge in [0.1, 0.15) is 0 Å². The van der Waals surface area contributed by atoms with Gasteiger partial charge in [-0.3, -0.25) is 9.00 Å². The van der Waals surface area contributed by atoms with Gasteiger partial charge in [0.25, 0.3) is 0 Å². The third-order valence-electron chi connectivity index (χ3n) is 4.49. The molecular weight excluding hydrogens is 320 g/mol. The lowest BCUT2D eigenvalue weighted by Crippen LogP contribution is -2.36. The lowest BCUT2D eigenvalue weighted by atomic mass is 10.0. The molecule has 0 aliphatic heterocycles. The largest absolute Gasteiger partial charge is 0.325 e. The number of nitrogens with two attached hydrogens (primary N) is 1. The van der Waals surface area contributed by atoms with Crippen molar-refractivity contribution in [3.8, 4) is 0 Å². The van der Waals surface area contributed by atoms with Gasteiger partial charge >= 0.3 is 0 Å². The van der Waals surface area contributed by atoms with Crippen molar-refractivity contribution >= 4 is 22.4 Å². The Balaban J connectivity index is 1.93. The number of anilines is 1. The minimum Gasteiger partial charge on any atom is -0.325 e. The van der Waals surface area contributed by atoms with Gasteiger partial charge in [0.05, 0.1) is 6.04 Å². The Labute approximate surface area is 148 Å². The van der Waals surface area contributed by atoms with E-state index in [-0.39, 0.29) is 5.91 Å². The number of hydrogen-bond donors (Lipinski definition) is 2. The van der Waals surface area contributed by atoms with Crippen LogP contribution in [-0.2, 0) is 21.3 Å². The van der Waals surface area contributed by atoms with Crippen molar-refractivity contribution in [2.24, 2.45) is 11.7 Å². The molecule has 0 saturated heterocycles. The van der Waals surface area contributed by atoms with Gasteiger partial charge in [0.2, 0.25) is 5.91 Å². The smallest absolute Gasteiger partial charge is 0.241 e. The predicted octanol–water partition coefficient (Wildman–Crippen LogP) is 3.58. The van der Waals surface area contributed by atoms with Gasteiger partial charge in [0.15, 0.2) is 0 Å². The predicted molar refractivity (Wildman–Crippen MR) is 101 cm³/mol. The maximum atomic E-state index is 12.5. The fourth-order valence-electron chi connectivity index (χ4n) is 3.20. The van der Waals surface area contributed by atoms with Gasteiger partial charge in [-0.1, -0.05) is 45.2 Å². The van der Waals surface area contributed by atoms with Crippen LogP contribution in [0.4, 0.5) is 5.69 Å². The number of benzene rings is 1. The number of carbonyl (C=O) groups excluding carboxylic acids is 1. The molecule has 5 heteroatoms. The first-order valence-corrected chi connectivity index (χ1v) is 10.4. The van der Waals surface area contributed by atoms with Crippen molar-refractivity contribution < 1.29 is 9.00 Å². The van der Waals surface area contributed by atoms with Crippen LogP contribution < -0.4 is 11.1 Å². The molecule has 0 aromatic heterocycles. The molecule has 1 amide bonds. The van der Waals surface area contributed by atoms with Crippen molar-refractivity contribution in [3.05, 3.63) is 29.8 Å². The molecule has 0 radical (unpaired) electrons. The van der Waals surface area contributed by atoms with Crippen molar-refractivity contribution in [1.82, 2.24) is 0 Å². The normalized spacial score (nSPS) is 18.3. The van der Waals surface area contributed by atoms with E-state index >= 15 is 0 Å². The summed E-state index contributed by atoms with van der Waals surface area (Å²) in [7, 11) is -0.832. The molecule has 1 aliphatic rings. The highest BCUT2D eigenvalue weighted by Crippen LogP contribution is 2.24. The van der Waals surface area contributed by atoms with E-state index in [0.717, 1.165) is 24.1 Å². The standard InChI is InChI=1S/C19H30N2O2S/c1-14(2)11-18(20)19(22)21-16-8-6-7-15(12-16)13-24(23)17-9-4-3-5-10-17/h6-8,12,14,17-18H,3-5,9-11,13,20H2,1-2H3,(H,21,22)/t18-,24?/m0/s1. The van der Waals surface area contributed by atoms with Crippen LogP contribution in [0.15, 0.2) is 24.3 Å². The molecule has 24 heavy (non-hydrogen) atoms. The second-order valence-corrected chi connectivity index (χ2v) is 8.93. The van der Waals surface area contributed by atoms with Gasteiger partial charge in [-0.15, -0.1) is 0 Å². The van der Waals surface area contributed by atoms with E-state index in [1.165, 1.54) is 19.3 Å². The van der Waals surface area contributed by atoms with Crippen LogP contribution in [0.3, 0.4) is 0 Å². The molecule has 0 spiro atoms. The highest BCUT2D eigenvalue weighted by molar-refractivity contribution is 7.84. The summed E-state index contributed by atoms with van der Waals surface area (Å²) < 4.78 is 12.5. The molecular formula is C19H30N2O2S. The minimum atomic E-state index is -0.832. The van der Waals surface area contributed by atoms with Crippen molar-refractivity contribution in [1.29, 1.82) is 0 Å². The van der Waals surface area contributed by atoms with E-state index in [2.05, 4.69) is 5.32 Å². The highest BCUT2D eigenvalue weighted by atomic mass is 32.2. The molecule has 1 aromatic rings. The first-order chi connectivity index (χ1) is 11.5. The molecule has 2 atom stereocenters. The number of nitrogens with one attached hydrogen (secondary N) is 1. The number of carbonyl (C=O) groups is 1. The Kier molecular flexibility index (Phi) is 7.43. The Morgan fingerprint density at radius 3 is 2.67 bits per heavy atom. The Morgan fingerprint density at radius 1 is 1.29 bits per heavy atom. The van der Waals surface area contributed by atoms with Gasteiger partial charge in [-0.2, -0.15) is 0 Å². The monoisotopic (exact) mass is 350 g/mol. The first-order valence-electron chi connectivity index (χ1n) is 8.98. The van der Waals surface area contributed by atoms with Crippen molar-refractivity contribution in [2.45, 2.75) is 69.4 Å². The van der Waals surface area contributed by atoms with Gasteiger partial charge in [-0.25, -0.2) is 0 Å². The molecule has 1 aromatic carbocycles. The van der Waals surface area contributed by atoms with Crippen LogP contribution in [-0.4, -0.2) is 21.4 Å². The van der Waals surface area contributed by atoms with E-state index < -0.39 is 16.8 Å². The zero-order valence-corrected chi connectivity index (χ0v) is 15.6. The lowest BCUT2D eigenvalue weighted by molar-refractivity contribution is -0.117. The summed E-state index contributed by atoms with van der Waals surface area (Å²) in [5.41, 5.74) is 7.66. The SMILES string of the molecule is CC(C)C[C@H](N)C(=O)Nc1cccc(CS(=O)C2CCCCC2)c1. The molecule has 134 valence electrons. The third-order valence-corrected chi connectivity index (χ3v) is 6.32. The van der Waals surface area contributed by atoms with E-state index in [9.17, 15) is 9.00 Å². The van der Waals surface area contributed by atoms with Crippen LogP contribution in [0, 0.1) is 5.92 Å². The zero-order valence-electron chi connectivity index (χ0n) is 14.8. The maximum Gasteiger partial charge on any atom is 0.241 e. The number of hydrogen-bond acceptors (Lipinski definition) is 3. The van der Waals surface area contributed by atoms with Crippen molar-refractivity contribution in [3.63, 3.8) is 0 Å². The second-order valence-electron chi connectivity index (χ2n) is 7.21. The van der Waals surface area contributed by atoms with Crippen LogP contribution in [0.5, 0.6) is 0 Å². The Bertz CT molecular complexity index is 568. The summed E-state index contributed by atoms with van der Waals surface area (Å²) in [5.74, 6) is 0.788. The summed E-state index contributed by atoms with van der Waals surface area (Å²) in [5, 5.41) is 3.21. The minimum absolute atomic E-state index is 0.158. The fraction of sp³-hybridized carbons (Fsp3) is 0.632. The number of rotatable bonds is 7. The van der Waals surface area contributed by atoms with Crippen LogP contribution in [0.1, 0.15) is 57.9 Å². The topological polar surface area (TPSA) is 72.2 Å². The van der Waals surface area contributed by atoms with Gasteiger partial charge in [0, 0.05) is 27.5 Å². The zero-order chi connectivity index (χ0) is 17.5. The summed E-state index contributed by atoms with van der Waals surface area (Å²) in [6, 6.07) is 7.15. The Hall–Kier alpha value is -1.20. The molecule has 2 rings (SSSR count). The molecule has 1 unspecified atom stereocenters. The second kappa shape index (κ2) is 9.33. The summed E-state index contributed by atoms with van der Waals surface area (Å²) in [4.78, 5) is 12.1. The quantitative estimate of drug-likeness (QED) is 0.789. The van der Waals surface area contributed by atoms with Crippen LogP contribution in [0.2, 0.25) is 0 Å². The molecule has 4 nitrogen and oxygen atoms in total. The summed E-state index contributed by atoms with van der Waals surface area (Å²) in [6.07, 6.45) is 6.48. The van der Waals surface area contributed by atoms with Crippen LogP contribution >= 0.6 is 0 Å². The number of amides is 1. The molecule has 1 saturated carbocycles. The third kappa shape index (κ3) is 6.02. The fourth-order valence-corrected chi connectivity index (χ4v) is 4.80. The molecule has 0 heterocycles. The molecule has 1 fully saturated rings. The lowest BCUT2D eigenvalue weighted by Gasteiger charge is -2.21. The van der Waals surface area contributed by atoms with E-state index in [1.54, 1.807) is 0 Å². The van der Waals surface area contributed by atoms with E-state index in [1.807, 2.05) is 38.1 Å². The average molecular weight is 351 g/mol. The van der Waals surface area contributed by atoms with Gasteiger partial charge < -0.3 is 11.1 Å².